The standard InChI is InChI=1S/C17H13N5O/c18-12-3-1-10-5-6-19-16(14(10)7-12)17(23)21-13-4-2-11-9-20-22-15(11)8-13/h1-9H,18H2,(H,20,22)(H,21,23). The average molecular weight is 303 g/mol. The van der Waals surface area contributed by atoms with Gasteiger partial charge < -0.3 is 11.1 Å². The molecule has 0 aliphatic carbocycles. The normalized spacial score (nSPS) is 11.0. The van der Waals surface area contributed by atoms with E-state index in [2.05, 4.69) is 20.5 Å². The number of hydrogen-bond donors (Lipinski definition) is 3. The number of rotatable bonds is 2. The average Bonchev–Trinajstić information content (AvgIpc) is 3.01. The summed E-state index contributed by atoms with van der Waals surface area (Å²) >= 11 is 0. The molecule has 2 aromatic carbocycles. The molecule has 0 saturated heterocycles. The Bertz CT molecular complexity index is 1040. The van der Waals surface area contributed by atoms with Crippen LogP contribution in [0, 0.1) is 0 Å². The number of H-pyrrole nitrogens is 1. The second kappa shape index (κ2) is 5.10. The summed E-state index contributed by atoms with van der Waals surface area (Å²) < 4.78 is 0. The SMILES string of the molecule is Nc1ccc2ccnc(C(=O)Nc3ccc4cn[nH]c4c3)c2c1. The Balaban J connectivity index is 1.72. The molecule has 0 aliphatic rings. The molecule has 23 heavy (non-hydrogen) atoms. The Morgan fingerprint density at radius 1 is 1.09 bits per heavy atom. The highest BCUT2D eigenvalue weighted by Gasteiger charge is 2.12. The number of aromatic amines is 1. The number of fused-ring (bicyclic) bond motifs is 2. The summed E-state index contributed by atoms with van der Waals surface area (Å²) in [4.78, 5) is 16.8. The molecule has 2 aromatic heterocycles. The maximum absolute atomic E-state index is 12.6. The number of nitrogens with one attached hydrogen (secondary N) is 2. The van der Waals surface area contributed by atoms with E-state index in [0.717, 1.165) is 21.7 Å². The zero-order valence-corrected chi connectivity index (χ0v) is 12.1. The Morgan fingerprint density at radius 3 is 2.87 bits per heavy atom. The second-order valence-corrected chi connectivity index (χ2v) is 5.27. The number of hydrogen-bond acceptors (Lipinski definition) is 4. The van der Waals surface area contributed by atoms with Gasteiger partial charge in [-0.25, -0.2) is 0 Å². The quantitative estimate of drug-likeness (QED) is 0.496. The number of aromatic nitrogens is 3. The molecule has 1 amide bonds. The van der Waals surface area contributed by atoms with Gasteiger partial charge in [-0.15, -0.1) is 0 Å². The maximum atomic E-state index is 12.6. The highest BCUT2D eigenvalue weighted by Crippen LogP contribution is 2.22. The van der Waals surface area contributed by atoms with Gasteiger partial charge in [0.1, 0.15) is 5.69 Å². The number of anilines is 2. The Hall–Kier alpha value is -3.41. The molecule has 4 N–H and O–H groups in total. The zero-order valence-electron chi connectivity index (χ0n) is 12.1. The van der Waals surface area contributed by atoms with E-state index in [1.807, 2.05) is 30.3 Å². The van der Waals surface area contributed by atoms with E-state index >= 15 is 0 Å². The Morgan fingerprint density at radius 2 is 1.96 bits per heavy atom. The van der Waals surface area contributed by atoms with E-state index in [0.29, 0.717) is 17.1 Å². The molecule has 112 valence electrons. The maximum Gasteiger partial charge on any atom is 0.274 e. The van der Waals surface area contributed by atoms with Crippen LogP contribution in [-0.2, 0) is 0 Å². The summed E-state index contributed by atoms with van der Waals surface area (Å²) in [7, 11) is 0. The first-order valence-corrected chi connectivity index (χ1v) is 7.09. The number of nitrogens with two attached hydrogens (primary N) is 1. The van der Waals surface area contributed by atoms with Crippen molar-refractivity contribution in [2.75, 3.05) is 11.1 Å². The number of carbonyl (C=O) groups excluding carboxylic acids is 1. The monoisotopic (exact) mass is 303 g/mol. The summed E-state index contributed by atoms with van der Waals surface area (Å²) in [5, 5.41) is 12.3. The van der Waals surface area contributed by atoms with Gasteiger partial charge in [-0.3, -0.25) is 14.9 Å². The molecule has 0 bridgehead atoms. The minimum Gasteiger partial charge on any atom is -0.399 e. The third-order valence-corrected chi connectivity index (χ3v) is 3.71. The smallest absolute Gasteiger partial charge is 0.274 e. The highest BCUT2D eigenvalue weighted by atomic mass is 16.1. The summed E-state index contributed by atoms with van der Waals surface area (Å²) in [6, 6.07) is 12.8. The predicted molar refractivity (Wildman–Crippen MR) is 90.2 cm³/mol. The lowest BCUT2D eigenvalue weighted by molar-refractivity contribution is 0.102. The molecular formula is C17H13N5O. The van der Waals surface area contributed by atoms with Gasteiger partial charge in [0.15, 0.2) is 0 Å². The van der Waals surface area contributed by atoms with Crippen LogP contribution in [0.1, 0.15) is 10.5 Å². The highest BCUT2D eigenvalue weighted by molar-refractivity contribution is 6.12. The number of benzene rings is 2. The van der Waals surface area contributed by atoms with Crippen LogP contribution in [0.3, 0.4) is 0 Å². The summed E-state index contributed by atoms with van der Waals surface area (Å²) in [5.41, 5.74) is 8.30. The van der Waals surface area contributed by atoms with Crippen LogP contribution in [0.25, 0.3) is 21.7 Å². The van der Waals surface area contributed by atoms with Crippen molar-refractivity contribution in [3.05, 3.63) is 60.6 Å². The summed E-state index contributed by atoms with van der Waals surface area (Å²) in [6.07, 6.45) is 3.35. The van der Waals surface area contributed by atoms with Crippen molar-refractivity contribution in [3.8, 4) is 0 Å². The van der Waals surface area contributed by atoms with E-state index in [1.165, 1.54) is 0 Å². The van der Waals surface area contributed by atoms with Crippen molar-refractivity contribution in [2.45, 2.75) is 0 Å². The molecule has 0 radical (unpaired) electrons. The lowest BCUT2D eigenvalue weighted by atomic mass is 10.1. The zero-order chi connectivity index (χ0) is 15.8. The fourth-order valence-corrected chi connectivity index (χ4v) is 2.57. The number of amides is 1. The molecule has 0 atom stereocenters. The van der Waals surface area contributed by atoms with Crippen LogP contribution in [0.5, 0.6) is 0 Å². The largest absolute Gasteiger partial charge is 0.399 e. The van der Waals surface area contributed by atoms with Crippen LogP contribution in [0.4, 0.5) is 11.4 Å². The van der Waals surface area contributed by atoms with E-state index in [4.69, 9.17) is 5.73 Å². The summed E-state index contributed by atoms with van der Waals surface area (Å²) in [5.74, 6) is -0.278. The van der Waals surface area contributed by atoms with Gasteiger partial charge in [-0.1, -0.05) is 6.07 Å². The van der Waals surface area contributed by atoms with Gasteiger partial charge in [0.25, 0.3) is 5.91 Å². The second-order valence-electron chi connectivity index (χ2n) is 5.27. The van der Waals surface area contributed by atoms with Crippen LogP contribution in [-0.4, -0.2) is 21.1 Å². The predicted octanol–water partition coefficient (Wildman–Crippen LogP) is 2.95. The Kier molecular flexibility index (Phi) is 2.94. The summed E-state index contributed by atoms with van der Waals surface area (Å²) in [6.45, 7) is 0. The molecular weight excluding hydrogens is 290 g/mol. The van der Waals surface area contributed by atoms with E-state index in [1.54, 1.807) is 24.5 Å². The molecule has 0 saturated carbocycles. The van der Waals surface area contributed by atoms with E-state index in [-0.39, 0.29) is 5.91 Å². The van der Waals surface area contributed by atoms with Gasteiger partial charge in [0.2, 0.25) is 0 Å². The van der Waals surface area contributed by atoms with Crippen molar-refractivity contribution in [1.29, 1.82) is 0 Å². The number of nitrogen functional groups attached to an aromatic ring is 1. The first-order valence-electron chi connectivity index (χ1n) is 7.09. The van der Waals surface area contributed by atoms with Crippen molar-refractivity contribution >= 4 is 39.0 Å². The van der Waals surface area contributed by atoms with E-state index < -0.39 is 0 Å². The van der Waals surface area contributed by atoms with Crippen LogP contribution < -0.4 is 11.1 Å². The van der Waals surface area contributed by atoms with Gasteiger partial charge in [0.05, 0.1) is 11.7 Å². The fraction of sp³-hybridized carbons (Fsp3) is 0. The third kappa shape index (κ3) is 2.36. The molecule has 0 fully saturated rings. The first-order chi connectivity index (χ1) is 11.2. The molecule has 6 heteroatoms. The molecule has 0 spiro atoms. The van der Waals surface area contributed by atoms with Crippen LogP contribution in [0.15, 0.2) is 54.9 Å². The van der Waals surface area contributed by atoms with Gasteiger partial charge in [0, 0.05) is 28.3 Å². The molecule has 2 heterocycles. The fourth-order valence-electron chi connectivity index (χ4n) is 2.57. The van der Waals surface area contributed by atoms with Crippen LogP contribution in [0.2, 0.25) is 0 Å². The van der Waals surface area contributed by atoms with Crippen molar-refractivity contribution in [3.63, 3.8) is 0 Å². The van der Waals surface area contributed by atoms with Gasteiger partial charge >= 0.3 is 0 Å². The minimum absolute atomic E-state index is 0.278. The molecule has 4 rings (SSSR count). The van der Waals surface area contributed by atoms with Crippen molar-refractivity contribution in [2.24, 2.45) is 0 Å². The number of nitrogens with zero attached hydrogens (tertiary/aromatic N) is 2. The van der Waals surface area contributed by atoms with E-state index in [9.17, 15) is 4.79 Å². The number of carbonyl (C=O) groups is 1. The minimum atomic E-state index is -0.278. The van der Waals surface area contributed by atoms with Crippen molar-refractivity contribution in [1.82, 2.24) is 15.2 Å². The molecule has 0 aliphatic heterocycles. The lowest BCUT2D eigenvalue weighted by Gasteiger charge is -2.08. The lowest BCUT2D eigenvalue weighted by Crippen LogP contribution is -2.14. The van der Waals surface area contributed by atoms with Gasteiger partial charge in [-0.2, -0.15) is 5.10 Å². The third-order valence-electron chi connectivity index (χ3n) is 3.71. The first kappa shape index (κ1) is 13.3. The molecule has 0 unspecified atom stereocenters. The molecule has 4 aromatic rings. The topological polar surface area (TPSA) is 96.7 Å². The van der Waals surface area contributed by atoms with Crippen LogP contribution >= 0.6 is 0 Å². The van der Waals surface area contributed by atoms with Crippen molar-refractivity contribution < 1.29 is 4.79 Å². The Labute approximate surface area is 131 Å². The number of pyridine rings is 1. The van der Waals surface area contributed by atoms with Gasteiger partial charge in [-0.05, 0) is 41.8 Å². The molecule has 6 nitrogen and oxygen atoms in total.